The van der Waals surface area contributed by atoms with E-state index in [2.05, 4.69) is 5.32 Å². The van der Waals surface area contributed by atoms with Crippen molar-refractivity contribution in [2.24, 2.45) is 0 Å². The summed E-state index contributed by atoms with van der Waals surface area (Å²) in [7, 11) is -1.53. The first-order chi connectivity index (χ1) is 10.1. The van der Waals surface area contributed by atoms with Gasteiger partial charge in [-0.3, -0.25) is 4.79 Å². The lowest BCUT2D eigenvalue weighted by Crippen LogP contribution is -2.30. The van der Waals surface area contributed by atoms with Crippen LogP contribution in [0.2, 0.25) is 0 Å². The molecular weight excluding hydrogens is 267 g/mol. The summed E-state index contributed by atoms with van der Waals surface area (Å²) in [6, 6.07) is 15.1. The maximum atomic E-state index is 12.0. The molecule has 0 aromatic heterocycles. The van der Waals surface area contributed by atoms with Crippen molar-refractivity contribution < 1.29 is 14.8 Å². The van der Waals surface area contributed by atoms with Crippen LogP contribution < -0.4 is 10.8 Å². The molecule has 3 N–H and O–H groups in total. The average molecular weight is 280 g/mol. The Labute approximate surface area is 122 Å². The number of amides is 1. The van der Waals surface area contributed by atoms with Crippen LogP contribution in [0, 0.1) is 11.3 Å². The molecule has 0 unspecified atom stereocenters. The van der Waals surface area contributed by atoms with Gasteiger partial charge in [0.15, 0.2) is 0 Å². The standard InChI is InChI=1S/C15H13BN2O3/c17-9-11-3-1-5-13(7-11)15(19)18-10-12-4-2-6-14(8-12)16(20)21/h1-8,20-21H,10H2,(H,18,19). The average Bonchev–Trinajstić information content (AvgIpc) is 2.53. The third-order valence-corrected chi connectivity index (χ3v) is 2.96. The fourth-order valence-electron chi connectivity index (χ4n) is 1.88. The van der Waals surface area contributed by atoms with E-state index in [4.69, 9.17) is 15.3 Å². The van der Waals surface area contributed by atoms with Gasteiger partial charge >= 0.3 is 7.12 Å². The number of benzene rings is 2. The number of nitrogens with zero attached hydrogens (tertiary/aromatic N) is 1. The highest BCUT2D eigenvalue weighted by Gasteiger charge is 2.11. The van der Waals surface area contributed by atoms with Crippen LogP contribution in [0.25, 0.3) is 0 Å². The first kappa shape index (κ1) is 14.8. The van der Waals surface area contributed by atoms with Gasteiger partial charge in [0, 0.05) is 12.1 Å². The molecule has 1 amide bonds. The summed E-state index contributed by atoms with van der Waals surface area (Å²) in [5, 5.41) is 29.7. The number of nitriles is 1. The Morgan fingerprint density at radius 3 is 2.67 bits per heavy atom. The Morgan fingerprint density at radius 1 is 1.19 bits per heavy atom. The van der Waals surface area contributed by atoms with Crippen molar-refractivity contribution in [2.45, 2.75) is 6.54 Å². The number of hydrogen-bond acceptors (Lipinski definition) is 4. The zero-order chi connectivity index (χ0) is 15.2. The molecule has 0 atom stereocenters. The summed E-state index contributed by atoms with van der Waals surface area (Å²) >= 11 is 0. The molecule has 0 aliphatic carbocycles. The SMILES string of the molecule is N#Cc1cccc(C(=O)NCc2cccc(B(O)O)c2)c1. The van der Waals surface area contributed by atoms with E-state index in [1.54, 1.807) is 42.5 Å². The van der Waals surface area contributed by atoms with Gasteiger partial charge in [-0.1, -0.05) is 30.3 Å². The highest BCUT2D eigenvalue weighted by molar-refractivity contribution is 6.58. The summed E-state index contributed by atoms with van der Waals surface area (Å²) in [4.78, 5) is 12.0. The van der Waals surface area contributed by atoms with Gasteiger partial charge in [-0.25, -0.2) is 0 Å². The Hall–Kier alpha value is -2.62. The van der Waals surface area contributed by atoms with Gasteiger partial charge in [0.1, 0.15) is 0 Å². The predicted octanol–water partition coefficient (Wildman–Crippen LogP) is 0.168. The summed E-state index contributed by atoms with van der Waals surface area (Å²) in [6.07, 6.45) is 0. The van der Waals surface area contributed by atoms with Gasteiger partial charge in [-0.2, -0.15) is 5.26 Å². The van der Waals surface area contributed by atoms with Gasteiger partial charge in [0.2, 0.25) is 0 Å². The molecule has 2 aromatic rings. The number of rotatable bonds is 4. The van der Waals surface area contributed by atoms with Crippen LogP contribution in [0.4, 0.5) is 0 Å². The third kappa shape index (κ3) is 3.92. The first-order valence-electron chi connectivity index (χ1n) is 6.33. The molecule has 0 radical (unpaired) electrons. The maximum Gasteiger partial charge on any atom is 0.488 e. The zero-order valence-electron chi connectivity index (χ0n) is 11.2. The van der Waals surface area contributed by atoms with Crippen molar-refractivity contribution in [1.82, 2.24) is 5.32 Å². The molecule has 6 heteroatoms. The summed E-state index contributed by atoms with van der Waals surface area (Å²) < 4.78 is 0. The maximum absolute atomic E-state index is 12.0. The number of carbonyl (C=O) groups excluding carboxylic acids is 1. The lowest BCUT2D eigenvalue weighted by molar-refractivity contribution is 0.0951. The fraction of sp³-hybridized carbons (Fsp3) is 0.0667. The second-order valence-electron chi connectivity index (χ2n) is 4.49. The minimum Gasteiger partial charge on any atom is -0.423 e. The summed E-state index contributed by atoms with van der Waals surface area (Å²) in [5.74, 6) is -0.290. The molecule has 5 nitrogen and oxygen atoms in total. The molecule has 2 aromatic carbocycles. The van der Waals surface area contributed by atoms with Crippen molar-refractivity contribution in [3.05, 3.63) is 65.2 Å². The molecule has 2 rings (SSSR count). The molecule has 104 valence electrons. The zero-order valence-corrected chi connectivity index (χ0v) is 11.2. The van der Waals surface area contributed by atoms with Crippen molar-refractivity contribution in [1.29, 1.82) is 5.26 Å². The molecule has 0 aliphatic heterocycles. The van der Waals surface area contributed by atoms with E-state index in [1.165, 1.54) is 6.07 Å². The van der Waals surface area contributed by atoms with Crippen LogP contribution in [0.3, 0.4) is 0 Å². The predicted molar refractivity (Wildman–Crippen MR) is 78.6 cm³/mol. The molecule has 0 spiro atoms. The second kappa shape index (κ2) is 6.70. The minimum atomic E-state index is -1.53. The first-order valence-corrected chi connectivity index (χ1v) is 6.33. The summed E-state index contributed by atoms with van der Waals surface area (Å²) in [6.45, 7) is 0.260. The number of nitrogens with one attached hydrogen (secondary N) is 1. The quantitative estimate of drug-likeness (QED) is 0.696. The van der Waals surface area contributed by atoms with Crippen molar-refractivity contribution in [2.75, 3.05) is 0 Å². The largest absolute Gasteiger partial charge is 0.488 e. The lowest BCUT2D eigenvalue weighted by Gasteiger charge is -2.07. The molecule has 0 bridgehead atoms. The van der Waals surface area contributed by atoms with Crippen molar-refractivity contribution in [3.63, 3.8) is 0 Å². The molecule has 0 aliphatic rings. The van der Waals surface area contributed by atoms with E-state index < -0.39 is 7.12 Å². The van der Waals surface area contributed by atoms with E-state index in [9.17, 15) is 4.79 Å². The summed E-state index contributed by atoms with van der Waals surface area (Å²) in [5.41, 5.74) is 1.96. The van der Waals surface area contributed by atoms with Crippen molar-refractivity contribution in [3.8, 4) is 6.07 Å². The van der Waals surface area contributed by atoms with Gasteiger partial charge in [-0.15, -0.1) is 0 Å². The van der Waals surface area contributed by atoms with Crippen LogP contribution in [0.5, 0.6) is 0 Å². The highest BCUT2D eigenvalue weighted by atomic mass is 16.4. The lowest BCUT2D eigenvalue weighted by atomic mass is 9.79. The van der Waals surface area contributed by atoms with Gasteiger partial charge in [-0.05, 0) is 29.2 Å². The van der Waals surface area contributed by atoms with Crippen molar-refractivity contribution >= 4 is 18.5 Å². The van der Waals surface area contributed by atoms with Crippen LogP contribution in [0.1, 0.15) is 21.5 Å². The smallest absolute Gasteiger partial charge is 0.423 e. The Bertz CT molecular complexity index is 695. The van der Waals surface area contributed by atoms with Crippen LogP contribution in [0.15, 0.2) is 48.5 Å². The Kier molecular flexibility index (Phi) is 4.72. The second-order valence-corrected chi connectivity index (χ2v) is 4.49. The van der Waals surface area contributed by atoms with Gasteiger partial charge in [0.05, 0.1) is 11.6 Å². The van der Waals surface area contributed by atoms with Gasteiger partial charge < -0.3 is 15.4 Å². The topological polar surface area (TPSA) is 93.4 Å². The number of carbonyl (C=O) groups is 1. The van der Waals surface area contributed by atoms with Crippen LogP contribution in [-0.4, -0.2) is 23.1 Å². The Balaban J connectivity index is 2.04. The van der Waals surface area contributed by atoms with E-state index >= 15 is 0 Å². The van der Waals surface area contributed by atoms with E-state index in [-0.39, 0.29) is 12.5 Å². The normalized spacial score (nSPS) is 9.76. The molecule has 0 saturated heterocycles. The monoisotopic (exact) mass is 280 g/mol. The highest BCUT2D eigenvalue weighted by Crippen LogP contribution is 2.05. The molecule has 0 saturated carbocycles. The minimum absolute atomic E-state index is 0.260. The van der Waals surface area contributed by atoms with Crippen LogP contribution in [-0.2, 0) is 6.54 Å². The van der Waals surface area contributed by atoms with Crippen LogP contribution >= 0.6 is 0 Å². The molecule has 0 heterocycles. The Morgan fingerprint density at radius 2 is 1.95 bits per heavy atom. The van der Waals surface area contributed by atoms with E-state index in [0.717, 1.165) is 5.56 Å². The number of hydrogen-bond donors (Lipinski definition) is 3. The van der Waals surface area contributed by atoms with Gasteiger partial charge in [0.25, 0.3) is 5.91 Å². The molecular formula is C15H13BN2O3. The third-order valence-electron chi connectivity index (χ3n) is 2.96. The fourth-order valence-corrected chi connectivity index (χ4v) is 1.88. The molecule has 0 fully saturated rings. The van der Waals surface area contributed by atoms with E-state index in [0.29, 0.717) is 16.6 Å². The molecule has 21 heavy (non-hydrogen) atoms. The van der Waals surface area contributed by atoms with E-state index in [1.807, 2.05) is 6.07 Å².